The molecule has 1 aromatic heterocycles. The molecule has 0 spiro atoms. The molecule has 4 atom stereocenters. The van der Waals surface area contributed by atoms with Crippen LogP contribution in [0.5, 0.6) is 0 Å². The third kappa shape index (κ3) is 1.72. The van der Waals surface area contributed by atoms with E-state index in [9.17, 15) is 4.79 Å². The highest BCUT2D eigenvalue weighted by Crippen LogP contribution is 2.66. The normalized spacial score (nSPS) is 36.8. The van der Waals surface area contributed by atoms with E-state index in [2.05, 4.69) is 32.9 Å². The standard InChI is InChI=1S/C15H18BrN3O/c1-2-5-19-15(20)13(16)10(7-17-19)18-14-11-8-3-4-9(6-8)12(11)14/h2,7-9,11-12,14,18H,1,3-6H2. The van der Waals surface area contributed by atoms with Crippen LogP contribution in [-0.2, 0) is 6.54 Å². The Bertz CT molecular complexity index is 610. The average molecular weight is 336 g/mol. The van der Waals surface area contributed by atoms with E-state index in [1.165, 1.54) is 23.9 Å². The summed E-state index contributed by atoms with van der Waals surface area (Å²) in [4.78, 5) is 12.1. The Morgan fingerprint density at radius 3 is 2.80 bits per heavy atom. The number of anilines is 1. The van der Waals surface area contributed by atoms with Crippen LogP contribution in [0.4, 0.5) is 5.69 Å². The van der Waals surface area contributed by atoms with Gasteiger partial charge in [0.25, 0.3) is 5.56 Å². The lowest BCUT2D eigenvalue weighted by molar-refractivity contribution is 0.456. The van der Waals surface area contributed by atoms with Crippen LogP contribution in [0.15, 0.2) is 28.1 Å². The first-order valence-electron chi connectivity index (χ1n) is 7.33. The van der Waals surface area contributed by atoms with Gasteiger partial charge in [-0.2, -0.15) is 5.10 Å². The van der Waals surface area contributed by atoms with Crippen molar-refractivity contribution in [2.24, 2.45) is 23.7 Å². The Balaban J connectivity index is 1.54. The zero-order valence-corrected chi connectivity index (χ0v) is 12.8. The fraction of sp³-hybridized carbons (Fsp3) is 0.600. The summed E-state index contributed by atoms with van der Waals surface area (Å²) in [6.45, 7) is 4.08. The number of rotatable bonds is 4. The molecule has 106 valence electrons. The van der Waals surface area contributed by atoms with Crippen molar-refractivity contribution in [3.63, 3.8) is 0 Å². The Hall–Kier alpha value is -1.10. The molecule has 0 radical (unpaired) electrons. The van der Waals surface area contributed by atoms with Gasteiger partial charge in [-0.25, -0.2) is 4.68 Å². The molecule has 2 bridgehead atoms. The highest BCUT2D eigenvalue weighted by Gasteiger charge is 2.65. The van der Waals surface area contributed by atoms with Crippen LogP contribution in [0.2, 0.25) is 0 Å². The van der Waals surface area contributed by atoms with Crippen LogP contribution in [-0.4, -0.2) is 15.8 Å². The zero-order chi connectivity index (χ0) is 13.9. The maximum absolute atomic E-state index is 12.1. The molecule has 1 heterocycles. The Morgan fingerprint density at radius 2 is 2.15 bits per heavy atom. The summed E-state index contributed by atoms with van der Waals surface area (Å²) in [5, 5.41) is 7.75. The van der Waals surface area contributed by atoms with E-state index in [0.717, 1.165) is 29.4 Å². The summed E-state index contributed by atoms with van der Waals surface area (Å²) in [6.07, 6.45) is 7.68. The van der Waals surface area contributed by atoms with Crippen LogP contribution >= 0.6 is 15.9 Å². The second kappa shape index (κ2) is 4.45. The van der Waals surface area contributed by atoms with Crippen LogP contribution in [0.1, 0.15) is 19.3 Å². The fourth-order valence-corrected chi connectivity index (χ4v) is 4.94. The van der Waals surface area contributed by atoms with Gasteiger partial charge in [0.1, 0.15) is 4.47 Å². The molecule has 0 aromatic carbocycles. The number of halogens is 1. The van der Waals surface area contributed by atoms with Crippen molar-refractivity contribution >= 4 is 21.6 Å². The molecule has 3 aliphatic carbocycles. The maximum Gasteiger partial charge on any atom is 0.283 e. The average Bonchev–Trinajstić information content (AvgIpc) is 2.83. The molecule has 0 amide bonds. The third-order valence-corrected chi connectivity index (χ3v) is 6.11. The molecule has 0 saturated heterocycles. The van der Waals surface area contributed by atoms with Gasteiger partial charge >= 0.3 is 0 Å². The third-order valence-electron chi connectivity index (χ3n) is 5.34. The Kier molecular flexibility index (Phi) is 2.81. The van der Waals surface area contributed by atoms with E-state index in [4.69, 9.17) is 0 Å². The first-order valence-corrected chi connectivity index (χ1v) is 8.13. The minimum atomic E-state index is -0.0938. The van der Waals surface area contributed by atoms with Crippen molar-refractivity contribution < 1.29 is 0 Å². The number of nitrogens with one attached hydrogen (secondary N) is 1. The minimum Gasteiger partial charge on any atom is -0.379 e. The van der Waals surface area contributed by atoms with Gasteiger partial charge in [-0.05, 0) is 58.9 Å². The maximum atomic E-state index is 12.1. The zero-order valence-electron chi connectivity index (χ0n) is 11.3. The number of hydrogen-bond donors (Lipinski definition) is 1. The molecule has 3 saturated carbocycles. The van der Waals surface area contributed by atoms with E-state index in [1.807, 2.05) is 0 Å². The second-order valence-electron chi connectivity index (χ2n) is 6.31. The topological polar surface area (TPSA) is 46.9 Å². The van der Waals surface area contributed by atoms with E-state index >= 15 is 0 Å². The summed E-state index contributed by atoms with van der Waals surface area (Å²) in [5.74, 6) is 3.54. The summed E-state index contributed by atoms with van der Waals surface area (Å²) >= 11 is 3.41. The van der Waals surface area contributed by atoms with Crippen molar-refractivity contribution in [1.29, 1.82) is 0 Å². The lowest BCUT2D eigenvalue weighted by atomic mass is 10.0. The molecular weight excluding hydrogens is 318 g/mol. The smallest absolute Gasteiger partial charge is 0.283 e. The van der Waals surface area contributed by atoms with E-state index < -0.39 is 0 Å². The van der Waals surface area contributed by atoms with Gasteiger partial charge in [0.15, 0.2) is 0 Å². The molecule has 3 fully saturated rings. The Labute approximate surface area is 126 Å². The fourth-order valence-electron chi connectivity index (χ4n) is 4.52. The molecule has 5 heteroatoms. The van der Waals surface area contributed by atoms with Gasteiger partial charge in [0.05, 0.1) is 18.4 Å². The molecule has 4 unspecified atom stereocenters. The molecule has 0 aliphatic heterocycles. The molecule has 3 aliphatic rings. The van der Waals surface area contributed by atoms with Crippen LogP contribution in [0.3, 0.4) is 0 Å². The van der Waals surface area contributed by atoms with Gasteiger partial charge in [0, 0.05) is 6.04 Å². The van der Waals surface area contributed by atoms with Gasteiger partial charge in [0.2, 0.25) is 0 Å². The molecule has 20 heavy (non-hydrogen) atoms. The quantitative estimate of drug-likeness (QED) is 0.860. The molecule has 1 aromatic rings. The van der Waals surface area contributed by atoms with Crippen molar-refractivity contribution in [3.8, 4) is 0 Å². The van der Waals surface area contributed by atoms with E-state index in [1.54, 1.807) is 12.3 Å². The van der Waals surface area contributed by atoms with Crippen LogP contribution in [0.25, 0.3) is 0 Å². The number of allylic oxidation sites excluding steroid dienone is 1. The summed E-state index contributed by atoms with van der Waals surface area (Å²) in [5.41, 5.74) is 0.748. The van der Waals surface area contributed by atoms with E-state index in [0.29, 0.717) is 17.1 Å². The SMILES string of the molecule is C=CCn1ncc(NC2C3C4CCC(C4)C23)c(Br)c1=O. The highest BCUT2D eigenvalue weighted by atomic mass is 79.9. The minimum absolute atomic E-state index is 0.0938. The van der Waals surface area contributed by atoms with Gasteiger partial charge in [-0.15, -0.1) is 6.58 Å². The molecule has 4 nitrogen and oxygen atoms in total. The monoisotopic (exact) mass is 335 g/mol. The summed E-state index contributed by atoms with van der Waals surface area (Å²) in [6, 6.07) is 0.564. The van der Waals surface area contributed by atoms with Gasteiger partial charge in [-0.3, -0.25) is 4.79 Å². The van der Waals surface area contributed by atoms with Crippen molar-refractivity contribution in [3.05, 3.63) is 33.7 Å². The van der Waals surface area contributed by atoms with Crippen LogP contribution in [0, 0.1) is 23.7 Å². The number of nitrogens with zero attached hydrogens (tertiary/aromatic N) is 2. The lowest BCUT2D eigenvalue weighted by Gasteiger charge is -2.13. The number of fused-ring (bicyclic) bond motifs is 5. The van der Waals surface area contributed by atoms with E-state index in [-0.39, 0.29) is 5.56 Å². The second-order valence-corrected chi connectivity index (χ2v) is 7.10. The highest BCUT2D eigenvalue weighted by molar-refractivity contribution is 9.10. The van der Waals surface area contributed by atoms with Crippen LogP contribution < -0.4 is 10.9 Å². The van der Waals surface area contributed by atoms with Gasteiger partial charge in [-0.1, -0.05) is 6.08 Å². The molecule has 4 rings (SSSR count). The predicted molar refractivity (Wildman–Crippen MR) is 81.6 cm³/mol. The first kappa shape index (κ1) is 12.6. The van der Waals surface area contributed by atoms with Crippen molar-refractivity contribution in [2.45, 2.75) is 31.8 Å². The summed E-state index contributed by atoms with van der Waals surface area (Å²) in [7, 11) is 0. The van der Waals surface area contributed by atoms with Gasteiger partial charge < -0.3 is 5.32 Å². The molecule has 1 N–H and O–H groups in total. The van der Waals surface area contributed by atoms with Crippen molar-refractivity contribution in [2.75, 3.05) is 5.32 Å². The number of aromatic nitrogens is 2. The lowest BCUT2D eigenvalue weighted by Crippen LogP contribution is -2.25. The molecular formula is C15H18BrN3O. The van der Waals surface area contributed by atoms with Crippen molar-refractivity contribution in [1.82, 2.24) is 9.78 Å². The largest absolute Gasteiger partial charge is 0.379 e. The predicted octanol–water partition coefficient (Wildman–Crippen LogP) is 2.65. The first-order chi connectivity index (χ1) is 9.70. The Morgan fingerprint density at radius 1 is 1.45 bits per heavy atom. The number of hydrogen-bond acceptors (Lipinski definition) is 3. The summed E-state index contributed by atoms with van der Waals surface area (Å²) < 4.78 is 2.01.